The fourth-order valence-electron chi connectivity index (χ4n) is 1.97. The van der Waals surface area contributed by atoms with E-state index in [1.165, 1.54) is 0 Å². The minimum atomic E-state index is -0.422. The molecular formula is C15H31NO2. The lowest BCUT2D eigenvalue weighted by molar-refractivity contribution is -0.160. The van der Waals surface area contributed by atoms with Crippen molar-refractivity contribution in [1.29, 1.82) is 0 Å². The molecule has 18 heavy (non-hydrogen) atoms. The molecule has 0 amide bonds. The van der Waals surface area contributed by atoms with Gasteiger partial charge in [0.15, 0.2) is 0 Å². The summed E-state index contributed by atoms with van der Waals surface area (Å²) in [6.45, 7) is 15.2. The smallest absolute Gasteiger partial charge is 0.311 e. The number of rotatable bonds is 7. The monoisotopic (exact) mass is 257 g/mol. The van der Waals surface area contributed by atoms with Gasteiger partial charge in [0.05, 0.1) is 5.41 Å². The maximum atomic E-state index is 12.0. The van der Waals surface area contributed by atoms with Crippen LogP contribution in [-0.2, 0) is 9.53 Å². The van der Waals surface area contributed by atoms with Crippen LogP contribution < -0.4 is 5.32 Å². The molecular weight excluding hydrogens is 226 g/mol. The van der Waals surface area contributed by atoms with Crippen LogP contribution in [0.2, 0.25) is 0 Å². The lowest BCUT2D eigenvalue weighted by Gasteiger charge is -2.31. The molecule has 1 atom stereocenters. The fourth-order valence-corrected chi connectivity index (χ4v) is 1.97. The van der Waals surface area contributed by atoms with Crippen molar-refractivity contribution in [2.45, 2.75) is 79.4 Å². The summed E-state index contributed by atoms with van der Waals surface area (Å²) in [5, 5.41) is 3.43. The Balaban J connectivity index is 4.53. The lowest BCUT2D eigenvalue weighted by atomic mass is 9.93. The standard InChI is InChI=1S/C15H31NO2/c1-8-10-12(11-15(6,7)16-9-2)18-13(17)14(3,4)5/h12,16H,8-11H2,1-7H3. The van der Waals surface area contributed by atoms with Crippen LogP contribution in [0.4, 0.5) is 0 Å². The van der Waals surface area contributed by atoms with Crippen LogP contribution in [-0.4, -0.2) is 24.2 Å². The van der Waals surface area contributed by atoms with Gasteiger partial charge in [0, 0.05) is 12.0 Å². The number of hydrogen-bond acceptors (Lipinski definition) is 3. The van der Waals surface area contributed by atoms with Crippen molar-refractivity contribution in [3.63, 3.8) is 0 Å². The molecule has 0 aromatic rings. The van der Waals surface area contributed by atoms with E-state index in [0.29, 0.717) is 0 Å². The molecule has 0 bridgehead atoms. The molecule has 0 heterocycles. The molecule has 0 aromatic heterocycles. The van der Waals surface area contributed by atoms with Gasteiger partial charge in [-0.25, -0.2) is 0 Å². The van der Waals surface area contributed by atoms with Crippen LogP contribution in [0.25, 0.3) is 0 Å². The lowest BCUT2D eigenvalue weighted by Crippen LogP contribution is -2.43. The minimum Gasteiger partial charge on any atom is -0.462 e. The Bertz CT molecular complexity index is 254. The van der Waals surface area contributed by atoms with E-state index in [2.05, 4.69) is 33.0 Å². The third-order valence-corrected chi connectivity index (χ3v) is 2.89. The maximum Gasteiger partial charge on any atom is 0.311 e. The van der Waals surface area contributed by atoms with Crippen LogP contribution in [0.15, 0.2) is 0 Å². The summed E-state index contributed by atoms with van der Waals surface area (Å²) in [6.07, 6.45) is 2.83. The quantitative estimate of drug-likeness (QED) is 0.709. The maximum absolute atomic E-state index is 12.0. The summed E-state index contributed by atoms with van der Waals surface area (Å²) in [7, 11) is 0. The van der Waals surface area contributed by atoms with E-state index in [-0.39, 0.29) is 17.6 Å². The Morgan fingerprint density at radius 2 is 1.72 bits per heavy atom. The number of carbonyl (C=O) groups excluding carboxylic acids is 1. The largest absolute Gasteiger partial charge is 0.462 e. The molecule has 1 unspecified atom stereocenters. The number of carbonyl (C=O) groups is 1. The second-order valence-electron chi connectivity index (χ2n) is 6.68. The summed E-state index contributed by atoms with van der Waals surface area (Å²) in [6, 6.07) is 0. The van der Waals surface area contributed by atoms with E-state index in [0.717, 1.165) is 25.8 Å². The molecule has 0 rings (SSSR count). The third kappa shape index (κ3) is 7.00. The molecule has 0 saturated carbocycles. The summed E-state index contributed by atoms with van der Waals surface area (Å²) < 4.78 is 5.66. The Labute approximate surface area is 113 Å². The molecule has 0 spiro atoms. The molecule has 0 saturated heterocycles. The second kappa shape index (κ2) is 7.13. The molecule has 108 valence electrons. The number of hydrogen-bond donors (Lipinski definition) is 1. The van der Waals surface area contributed by atoms with Crippen molar-refractivity contribution in [2.24, 2.45) is 5.41 Å². The first kappa shape index (κ1) is 17.4. The second-order valence-corrected chi connectivity index (χ2v) is 6.68. The highest BCUT2D eigenvalue weighted by Crippen LogP contribution is 2.22. The molecule has 0 aliphatic heterocycles. The van der Waals surface area contributed by atoms with Crippen molar-refractivity contribution in [1.82, 2.24) is 5.32 Å². The van der Waals surface area contributed by atoms with Gasteiger partial charge in [0.2, 0.25) is 0 Å². The average Bonchev–Trinajstić information content (AvgIpc) is 2.15. The highest BCUT2D eigenvalue weighted by Gasteiger charge is 2.29. The van der Waals surface area contributed by atoms with Gasteiger partial charge >= 0.3 is 5.97 Å². The summed E-state index contributed by atoms with van der Waals surface area (Å²) in [5.41, 5.74) is -0.416. The van der Waals surface area contributed by atoms with Crippen LogP contribution in [0.1, 0.15) is 67.7 Å². The molecule has 1 N–H and O–H groups in total. The van der Waals surface area contributed by atoms with Crippen molar-refractivity contribution in [2.75, 3.05) is 6.54 Å². The predicted molar refractivity (Wildman–Crippen MR) is 76.6 cm³/mol. The van der Waals surface area contributed by atoms with Crippen molar-refractivity contribution in [3.8, 4) is 0 Å². The molecule has 0 radical (unpaired) electrons. The Morgan fingerprint density at radius 1 is 1.17 bits per heavy atom. The van der Waals surface area contributed by atoms with Gasteiger partial charge in [-0.05, 0) is 47.6 Å². The molecule has 0 aliphatic carbocycles. The van der Waals surface area contributed by atoms with E-state index in [1.807, 2.05) is 20.8 Å². The minimum absolute atomic E-state index is 0.00670. The first-order valence-electron chi connectivity index (χ1n) is 7.08. The summed E-state index contributed by atoms with van der Waals surface area (Å²) >= 11 is 0. The Hall–Kier alpha value is -0.570. The summed E-state index contributed by atoms with van der Waals surface area (Å²) in [5.74, 6) is -0.103. The predicted octanol–water partition coefficient (Wildman–Crippen LogP) is 3.52. The van der Waals surface area contributed by atoms with E-state index in [1.54, 1.807) is 0 Å². The average molecular weight is 257 g/mol. The van der Waals surface area contributed by atoms with Gasteiger partial charge in [-0.15, -0.1) is 0 Å². The zero-order valence-corrected chi connectivity index (χ0v) is 13.2. The van der Waals surface area contributed by atoms with Gasteiger partial charge in [-0.2, -0.15) is 0 Å². The molecule has 0 aliphatic rings. The SMILES string of the molecule is CCCC(CC(C)(C)NCC)OC(=O)C(C)(C)C. The molecule has 0 aromatic carbocycles. The van der Waals surface area contributed by atoms with Gasteiger partial charge < -0.3 is 10.1 Å². The number of ether oxygens (including phenoxy) is 1. The zero-order chi connectivity index (χ0) is 14.4. The fraction of sp³-hybridized carbons (Fsp3) is 0.933. The highest BCUT2D eigenvalue weighted by molar-refractivity contribution is 5.75. The van der Waals surface area contributed by atoms with Gasteiger partial charge in [0.1, 0.15) is 6.10 Å². The van der Waals surface area contributed by atoms with Crippen LogP contribution in [0.5, 0.6) is 0 Å². The van der Waals surface area contributed by atoms with E-state index >= 15 is 0 Å². The Morgan fingerprint density at radius 3 is 2.11 bits per heavy atom. The van der Waals surface area contributed by atoms with Crippen molar-refractivity contribution in [3.05, 3.63) is 0 Å². The van der Waals surface area contributed by atoms with E-state index in [4.69, 9.17) is 4.74 Å². The third-order valence-electron chi connectivity index (χ3n) is 2.89. The molecule has 3 heteroatoms. The Kier molecular flexibility index (Phi) is 6.90. The van der Waals surface area contributed by atoms with Crippen molar-refractivity contribution >= 4 is 5.97 Å². The van der Waals surface area contributed by atoms with E-state index < -0.39 is 5.41 Å². The van der Waals surface area contributed by atoms with Crippen molar-refractivity contribution < 1.29 is 9.53 Å². The van der Waals surface area contributed by atoms with Crippen LogP contribution in [0.3, 0.4) is 0 Å². The topological polar surface area (TPSA) is 38.3 Å². The zero-order valence-electron chi connectivity index (χ0n) is 13.2. The number of nitrogens with one attached hydrogen (secondary N) is 1. The summed E-state index contributed by atoms with van der Waals surface area (Å²) in [4.78, 5) is 12.0. The first-order chi connectivity index (χ1) is 8.12. The van der Waals surface area contributed by atoms with Crippen LogP contribution >= 0.6 is 0 Å². The van der Waals surface area contributed by atoms with Gasteiger partial charge in [-0.1, -0.05) is 20.3 Å². The van der Waals surface area contributed by atoms with Crippen LogP contribution in [0, 0.1) is 5.41 Å². The normalized spacial score (nSPS) is 14.4. The van der Waals surface area contributed by atoms with Gasteiger partial charge in [-0.3, -0.25) is 4.79 Å². The van der Waals surface area contributed by atoms with Gasteiger partial charge in [0.25, 0.3) is 0 Å². The molecule has 0 fully saturated rings. The number of esters is 1. The van der Waals surface area contributed by atoms with E-state index in [9.17, 15) is 4.79 Å². The molecule has 3 nitrogen and oxygen atoms in total. The first-order valence-corrected chi connectivity index (χ1v) is 7.08. The highest BCUT2D eigenvalue weighted by atomic mass is 16.5.